The van der Waals surface area contributed by atoms with Gasteiger partial charge in [-0.05, 0) is 49.4 Å². The average molecular weight is 246 g/mol. The molecule has 0 aliphatic heterocycles. The third kappa shape index (κ3) is 3.49. The van der Waals surface area contributed by atoms with Crippen LogP contribution in [0.5, 0.6) is 0 Å². The van der Waals surface area contributed by atoms with Crippen molar-refractivity contribution in [3.05, 3.63) is 29.3 Å². The maximum absolute atomic E-state index is 11.9. The number of carbonyl (C=O) groups excluding carboxylic acids is 1. The van der Waals surface area contributed by atoms with Gasteiger partial charge in [0, 0.05) is 24.8 Å². The van der Waals surface area contributed by atoms with E-state index in [2.05, 4.69) is 10.6 Å². The molecule has 0 heterocycles. The average Bonchev–Trinajstić information content (AvgIpc) is 3.18. The highest BCUT2D eigenvalue weighted by atomic mass is 16.1. The number of rotatable bonds is 6. The summed E-state index contributed by atoms with van der Waals surface area (Å²) in [7, 11) is 1.89. The van der Waals surface area contributed by atoms with Gasteiger partial charge >= 0.3 is 0 Å². The van der Waals surface area contributed by atoms with Gasteiger partial charge < -0.3 is 10.6 Å². The van der Waals surface area contributed by atoms with Gasteiger partial charge in [0.15, 0.2) is 0 Å². The smallest absolute Gasteiger partial charge is 0.251 e. The van der Waals surface area contributed by atoms with Crippen molar-refractivity contribution in [1.29, 1.82) is 0 Å². The number of anilines is 1. The number of aryl methyl sites for hydroxylation is 1. The lowest BCUT2D eigenvalue weighted by Gasteiger charge is -2.08. The summed E-state index contributed by atoms with van der Waals surface area (Å²) in [6.07, 6.45) is 5.14. The number of nitrogens with one attached hydrogen (secondary N) is 2. The SMILES string of the molecule is CNc1ccc(C(=O)NCCCC2CC2)cc1C. The first kappa shape index (κ1) is 12.9. The summed E-state index contributed by atoms with van der Waals surface area (Å²) < 4.78 is 0. The second kappa shape index (κ2) is 5.89. The molecule has 2 N–H and O–H groups in total. The zero-order valence-electron chi connectivity index (χ0n) is 11.3. The molecule has 1 saturated carbocycles. The fourth-order valence-corrected chi connectivity index (χ4v) is 2.19. The number of hydrogen-bond donors (Lipinski definition) is 2. The lowest BCUT2D eigenvalue weighted by Crippen LogP contribution is -2.24. The Labute approximate surface area is 109 Å². The Morgan fingerprint density at radius 3 is 2.78 bits per heavy atom. The molecule has 3 nitrogen and oxygen atoms in total. The number of carbonyl (C=O) groups is 1. The third-order valence-corrected chi connectivity index (χ3v) is 3.53. The number of benzene rings is 1. The summed E-state index contributed by atoms with van der Waals surface area (Å²) in [6.45, 7) is 2.80. The first-order valence-corrected chi connectivity index (χ1v) is 6.77. The van der Waals surface area contributed by atoms with Crippen LogP contribution in [0.15, 0.2) is 18.2 Å². The van der Waals surface area contributed by atoms with Crippen molar-refractivity contribution in [3.63, 3.8) is 0 Å². The van der Waals surface area contributed by atoms with E-state index >= 15 is 0 Å². The summed E-state index contributed by atoms with van der Waals surface area (Å²) in [5, 5.41) is 6.09. The highest BCUT2D eigenvalue weighted by Crippen LogP contribution is 2.33. The van der Waals surface area contributed by atoms with Crippen molar-refractivity contribution in [1.82, 2.24) is 5.32 Å². The van der Waals surface area contributed by atoms with Crippen LogP contribution in [0, 0.1) is 12.8 Å². The molecule has 0 radical (unpaired) electrons. The number of hydrogen-bond acceptors (Lipinski definition) is 2. The molecule has 1 fully saturated rings. The maximum Gasteiger partial charge on any atom is 0.251 e. The van der Waals surface area contributed by atoms with Crippen LogP contribution in [0.4, 0.5) is 5.69 Å². The van der Waals surface area contributed by atoms with Crippen molar-refractivity contribution < 1.29 is 4.79 Å². The van der Waals surface area contributed by atoms with E-state index in [0.29, 0.717) is 0 Å². The minimum absolute atomic E-state index is 0.0385. The van der Waals surface area contributed by atoms with Gasteiger partial charge in [-0.15, -0.1) is 0 Å². The Morgan fingerprint density at radius 1 is 1.39 bits per heavy atom. The second-order valence-corrected chi connectivity index (χ2v) is 5.12. The molecule has 0 unspecified atom stereocenters. The van der Waals surface area contributed by atoms with Crippen molar-refractivity contribution in [3.8, 4) is 0 Å². The van der Waals surface area contributed by atoms with Crippen LogP contribution < -0.4 is 10.6 Å². The monoisotopic (exact) mass is 246 g/mol. The van der Waals surface area contributed by atoms with Gasteiger partial charge in [0.2, 0.25) is 0 Å². The van der Waals surface area contributed by atoms with Crippen LogP contribution >= 0.6 is 0 Å². The molecule has 1 aliphatic rings. The molecule has 1 amide bonds. The van der Waals surface area contributed by atoms with E-state index in [1.807, 2.05) is 32.2 Å². The molecule has 0 spiro atoms. The molecular weight excluding hydrogens is 224 g/mol. The van der Waals surface area contributed by atoms with E-state index in [4.69, 9.17) is 0 Å². The van der Waals surface area contributed by atoms with Gasteiger partial charge in [-0.3, -0.25) is 4.79 Å². The lowest BCUT2D eigenvalue weighted by molar-refractivity contribution is 0.0952. The Bertz CT molecular complexity index is 425. The van der Waals surface area contributed by atoms with Crippen molar-refractivity contribution in [2.24, 2.45) is 5.92 Å². The Hall–Kier alpha value is -1.51. The minimum Gasteiger partial charge on any atom is -0.388 e. The van der Waals surface area contributed by atoms with Gasteiger partial charge in [0.1, 0.15) is 0 Å². The molecular formula is C15H22N2O. The summed E-state index contributed by atoms with van der Waals surface area (Å²) in [4.78, 5) is 11.9. The third-order valence-electron chi connectivity index (χ3n) is 3.53. The molecule has 2 rings (SSSR count). The van der Waals surface area contributed by atoms with Crippen LogP contribution in [-0.2, 0) is 0 Å². The van der Waals surface area contributed by atoms with Gasteiger partial charge in [-0.2, -0.15) is 0 Å². The van der Waals surface area contributed by atoms with Crippen molar-refractivity contribution >= 4 is 11.6 Å². The second-order valence-electron chi connectivity index (χ2n) is 5.12. The zero-order valence-corrected chi connectivity index (χ0v) is 11.3. The first-order chi connectivity index (χ1) is 8.70. The predicted molar refractivity (Wildman–Crippen MR) is 75.0 cm³/mol. The summed E-state index contributed by atoms with van der Waals surface area (Å²) >= 11 is 0. The topological polar surface area (TPSA) is 41.1 Å². The quantitative estimate of drug-likeness (QED) is 0.758. The normalized spacial score (nSPS) is 14.3. The van der Waals surface area contributed by atoms with E-state index in [1.54, 1.807) is 0 Å². The van der Waals surface area contributed by atoms with Gasteiger partial charge in [-0.1, -0.05) is 12.8 Å². The molecule has 98 valence electrons. The molecule has 18 heavy (non-hydrogen) atoms. The van der Waals surface area contributed by atoms with Gasteiger partial charge in [-0.25, -0.2) is 0 Å². The van der Waals surface area contributed by atoms with Crippen molar-refractivity contribution in [2.45, 2.75) is 32.6 Å². The largest absolute Gasteiger partial charge is 0.388 e. The Morgan fingerprint density at radius 2 is 2.17 bits per heavy atom. The molecule has 0 atom stereocenters. The van der Waals surface area contributed by atoms with Crippen LogP contribution in [-0.4, -0.2) is 19.5 Å². The molecule has 1 aromatic carbocycles. The summed E-state index contributed by atoms with van der Waals surface area (Å²) in [6, 6.07) is 5.76. The molecule has 3 heteroatoms. The zero-order chi connectivity index (χ0) is 13.0. The van der Waals surface area contributed by atoms with Crippen LogP contribution in [0.1, 0.15) is 41.6 Å². The maximum atomic E-state index is 11.9. The molecule has 1 aliphatic carbocycles. The van der Waals surface area contributed by atoms with E-state index in [0.717, 1.165) is 35.7 Å². The molecule has 0 bridgehead atoms. The van der Waals surface area contributed by atoms with Crippen molar-refractivity contribution in [2.75, 3.05) is 18.9 Å². The van der Waals surface area contributed by atoms with Gasteiger partial charge in [0.25, 0.3) is 5.91 Å². The van der Waals surface area contributed by atoms with E-state index < -0.39 is 0 Å². The van der Waals surface area contributed by atoms with Gasteiger partial charge in [0.05, 0.1) is 0 Å². The first-order valence-electron chi connectivity index (χ1n) is 6.77. The minimum atomic E-state index is 0.0385. The highest BCUT2D eigenvalue weighted by molar-refractivity contribution is 5.94. The van der Waals surface area contributed by atoms with E-state index in [-0.39, 0.29) is 5.91 Å². The summed E-state index contributed by atoms with van der Waals surface area (Å²) in [5.41, 5.74) is 2.92. The predicted octanol–water partition coefficient (Wildman–Crippen LogP) is 2.96. The highest BCUT2D eigenvalue weighted by Gasteiger charge is 2.20. The Kier molecular flexibility index (Phi) is 4.24. The van der Waals surface area contributed by atoms with Crippen LogP contribution in [0.3, 0.4) is 0 Å². The molecule has 0 saturated heterocycles. The summed E-state index contributed by atoms with van der Waals surface area (Å²) in [5.74, 6) is 0.982. The lowest BCUT2D eigenvalue weighted by atomic mass is 10.1. The Balaban J connectivity index is 1.81. The van der Waals surface area contributed by atoms with Crippen LogP contribution in [0.25, 0.3) is 0 Å². The fraction of sp³-hybridized carbons (Fsp3) is 0.533. The standard InChI is InChI=1S/C15H22N2O/c1-11-10-13(7-8-14(11)16-2)15(18)17-9-3-4-12-5-6-12/h7-8,10,12,16H,3-6,9H2,1-2H3,(H,17,18). The fourth-order valence-electron chi connectivity index (χ4n) is 2.19. The molecule has 0 aromatic heterocycles. The van der Waals surface area contributed by atoms with E-state index in [9.17, 15) is 4.79 Å². The molecule has 1 aromatic rings. The van der Waals surface area contributed by atoms with E-state index in [1.165, 1.54) is 19.3 Å². The number of amides is 1. The van der Waals surface area contributed by atoms with Crippen LogP contribution in [0.2, 0.25) is 0 Å².